The normalized spacial score (nSPS) is 17.6. The van der Waals surface area contributed by atoms with Gasteiger partial charge in [0, 0.05) is 30.3 Å². The predicted octanol–water partition coefficient (Wildman–Crippen LogP) is 1.89. The Morgan fingerprint density at radius 3 is 2.53 bits per heavy atom. The highest BCUT2D eigenvalue weighted by Gasteiger charge is 2.35. The Kier molecular flexibility index (Phi) is 5.31. The van der Waals surface area contributed by atoms with E-state index in [1.165, 1.54) is 0 Å². The number of amides is 3. The molecule has 1 fully saturated rings. The summed E-state index contributed by atoms with van der Waals surface area (Å²) in [6.45, 7) is 4.95. The molecule has 0 bridgehead atoms. The van der Waals surface area contributed by atoms with Crippen LogP contribution >= 0.6 is 0 Å². The van der Waals surface area contributed by atoms with E-state index >= 15 is 0 Å². The van der Waals surface area contributed by atoms with Crippen molar-refractivity contribution in [2.24, 2.45) is 5.92 Å². The van der Waals surface area contributed by atoms with E-state index in [-0.39, 0.29) is 18.9 Å². The summed E-state index contributed by atoms with van der Waals surface area (Å²) in [6, 6.07) is 10.7. The maximum atomic E-state index is 12.5. The first kappa shape index (κ1) is 19.8. The van der Waals surface area contributed by atoms with Crippen LogP contribution in [0.25, 0.3) is 0 Å². The lowest BCUT2D eigenvalue weighted by Gasteiger charge is -2.22. The molecule has 8 heteroatoms. The molecule has 2 heterocycles. The molecular weight excluding hydrogens is 386 g/mol. The van der Waals surface area contributed by atoms with E-state index in [2.05, 4.69) is 10.9 Å². The van der Waals surface area contributed by atoms with Crippen molar-refractivity contribution in [3.8, 4) is 11.5 Å². The molecule has 2 aliphatic rings. The fraction of sp³-hybridized carbons (Fsp3) is 0.318. The van der Waals surface area contributed by atoms with E-state index < -0.39 is 17.7 Å². The first-order valence-corrected chi connectivity index (χ1v) is 9.80. The zero-order valence-corrected chi connectivity index (χ0v) is 16.9. The van der Waals surface area contributed by atoms with Crippen LogP contribution in [-0.4, -0.2) is 37.5 Å². The Hall–Kier alpha value is -3.55. The lowest BCUT2D eigenvalue weighted by atomic mass is 10.1. The van der Waals surface area contributed by atoms with Gasteiger partial charge in [0.2, 0.25) is 11.8 Å². The average molecular weight is 409 g/mol. The lowest BCUT2D eigenvalue weighted by molar-refractivity contribution is -0.126. The van der Waals surface area contributed by atoms with Gasteiger partial charge in [0.25, 0.3) is 5.91 Å². The summed E-state index contributed by atoms with van der Waals surface area (Å²) in [5.74, 6) is -0.298. The summed E-state index contributed by atoms with van der Waals surface area (Å²) < 4.78 is 11.1. The van der Waals surface area contributed by atoms with Crippen LogP contribution < -0.4 is 25.2 Å². The molecule has 0 radical (unpaired) electrons. The molecule has 1 atom stereocenters. The monoisotopic (exact) mass is 409 g/mol. The number of hydrogen-bond acceptors (Lipinski definition) is 5. The third kappa shape index (κ3) is 3.94. The van der Waals surface area contributed by atoms with Crippen LogP contribution in [0.3, 0.4) is 0 Å². The summed E-state index contributed by atoms with van der Waals surface area (Å²) in [6.07, 6.45) is 0.0692. The van der Waals surface area contributed by atoms with Crippen molar-refractivity contribution in [2.75, 3.05) is 24.7 Å². The predicted molar refractivity (Wildman–Crippen MR) is 109 cm³/mol. The third-order valence-corrected chi connectivity index (χ3v) is 5.26. The molecule has 3 amide bonds. The number of benzene rings is 2. The van der Waals surface area contributed by atoms with Crippen molar-refractivity contribution < 1.29 is 23.9 Å². The van der Waals surface area contributed by atoms with Gasteiger partial charge in [-0.05, 0) is 37.6 Å². The highest BCUT2D eigenvalue weighted by Crippen LogP contribution is 2.35. The van der Waals surface area contributed by atoms with E-state index in [0.717, 1.165) is 11.1 Å². The average Bonchev–Trinajstić information content (AvgIpc) is 3.13. The number of carbonyl (C=O) groups excluding carboxylic acids is 3. The number of fused-ring (bicyclic) bond motifs is 1. The van der Waals surface area contributed by atoms with Gasteiger partial charge in [-0.25, -0.2) is 0 Å². The van der Waals surface area contributed by atoms with E-state index in [1.807, 2.05) is 26.0 Å². The number of ether oxygens (including phenoxy) is 2. The van der Waals surface area contributed by atoms with Crippen LogP contribution in [0.4, 0.5) is 5.69 Å². The van der Waals surface area contributed by atoms with Gasteiger partial charge in [0.15, 0.2) is 11.5 Å². The van der Waals surface area contributed by atoms with Crippen LogP contribution in [0.5, 0.6) is 11.5 Å². The third-order valence-electron chi connectivity index (χ3n) is 5.26. The van der Waals surface area contributed by atoms with Gasteiger partial charge in [-0.3, -0.25) is 25.2 Å². The molecule has 4 rings (SSSR count). The fourth-order valence-electron chi connectivity index (χ4n) is 3.69. The van der Waals surface area contributed by atoms with Crippen LogP contribution in [0.2, 0.25) is 0 Å². The molecule has 1 saturated heterocycles. The van der Waals surface area contributed by atoms with Gasteiger partial charge in [0.1, 0.15) is 13.2 Å². The minimum Gasteiger partial charge on any atom is -0.486 e. The molecule has 0 spiro atoms. The Bertz CT molecular complexity index is 1020. The fourth-order valence-corrected chi connectivity index (χ4v) is 3.69. The van der Waals surface area contributed by atoms with Crippen molar-refractivity contribution in [1.82, 2.24) is 10.9 Å². The van der Waals surface area contributed by atoms with Crippen molar-refractivity contribution >= 4 is 23.4 Å². The van der Waals surface area contributed by atoms with Crippen LogP contribution in [0.15, 0.2) is 36.4 Å². The van der Waals surface area contributed by atoms with Crippen molar-refractivity contribution in [1.29, 1.82) is 0 Å². The Morgan fingerprint density at radius 1 is 1.00 bits per heavy atom. The summed E-state index contributed by atoms with van der Waals surface area (Å²) in [5.41, 5.74) is 7.90. The van der Waals surface area contributed by atoms with Crippen molar-refractivity contribution in [3.63, 3.8) is 0 Å². The molecule has 0 saturated carbocycles. The van der Waals surface area contributed by atoms with E-state index in [0.29, 0.717) is 36.0 Å². The lowest BCUT2D eigenvalue weighted by Crippen LogP contribution is -2.45. The second kappa shape index (κ2) is 8.06. The molecule has 0 aliphatic carbocycles. The summed E-state index contributed by atoms with van der Waals surface area (Å²) in [5, 5.41) is 0. The highest BCUT2D eigenvalue weighted by molar-refractivity contribution is 6.01. The summed E-state index contributed by atoms with van der Waals surface area (Å²) >= 11 is 0. The maximum absolute atomic E-state index is 12.5. The Balaban J connectivity index is 1.38. The molecule has 0 unspecified atom stereocenters. The number of aryl methyl sites for hydroxylation is 2. The van der Waals surface area contributed by atoms with Gasteiger partial charge in [-0.1, -0.05) is 17.7 Å². The molecular formula is C22H23N3O5. The number of hydrazine groups is 1. The number of nitrogens with one attached hydrogen (secondary N) is 2. The van der Waals surface area contributed by atoms with Crippen LogP contribution in [0, 0.1) is 19.8 Å². The smallest absolute Gasteiger partial charge is 0.269 e. The first-order chi connectivity index (χ1) is 14.4. The summed E-state index contributed by atoms with van der Waals surface area (Å²) in [7, 11) is 0. The van der Waals surface area contributed by atoms with E-state index in [4.69, 9.17) is 9.47 Å². The molecule has 2 aromatic rings. The molecule has 2 aromatic carbocycles. The molecule has 0 aromatic heterocycles. The number of nitrogens with zero attached hydrogens (tertiary/aromatic N) is 1. The number of rotatable bonds is 3. The molecule has 8 nitrogen and oxygen atoms in total. The van der Waals surface area contributed by atoms with Gasteiger partial charge in [0.05, 0.1) is 5.92 Å². The Labute approximate surface area is 174 Å². The zero-order valence-electron chi connectivity index (χ0n) is 16.9. The van der Waals surface area contributed by atoms with Crippen molar-refractivity contribution in [3.05, 3.63) is 53.1 Å². The Morgan fingerprint density at radius 2 is 1.77 bits per heavy atom. The SMILES string of the molecule is Cc1ccc(C(=O)NNC(=O)[C@@H]2CC(=O)N(c3ccc4c(c3)OCCO4)C2)c(C)c1. The highest BCUT2D eigenvalue weighted by atomic mass is 16.6. The van der Waals surface area contributed by atoms with Crippen molar-refractivity contribution in [2.45, 2.75) is 20.3 Å². The molecule has 156 valence electrons. The number of carbonyl (C=O) groups is 3. The molecule has 2 N–H and O–H groups in total. The van der Waals surface area contributed by atoms with Gasteiger partial charge in [-0.15, -0.1) is 0 Å². The second-order valence-corrected chi connectivity index (χ2v) is 7.50. The summed E-state index contributed by atoms with van der Waals surface area (Å²) in [4.78, 5) is 38.9. The van der Waals surface area contributed by atoms with Gasteiger partial charge >= 0.3 is 0 Å². The first-order valence-electron chi connectivity index (χ1n) is 9.80. The minimum absolute atomic E-state index is 0.0692. The topological polar surface area (TPSA) is 97.0 Å². The standard InChI is InChI=1S/C22H23N3O5/c1-13-3-5-17(14(2)9-13)22(28)24-23-21(27)15-10-20(26)25(12-15)16-4-6-18-19(11-16)30-8-7-29-18/h3-6,9,11,15H,7-8,10,12H2,1-2H3,(H,23,27)(H,24,28)/t15-/m1/s1. The maximum Gasteiger partial charge on any atom is 0.269 e. The van der Waals surface area contributed by atoms with Crippen LogP contribution in [-0.2, 0) is 9.59 Å². The molecule has 30 heavy (non-hydrogen) atoms. The number of anilines is 1. The quantitative estimate of drug-likeness (QED) is 0.755. The van der Waals surface area contributed by atoms with Crippen LogP contribution in [0.1, 0.15) is 27.9 Å². The minimum atomic E-state index is -0.565. The van der Waals surface area contributed by atoms with E-state index in [1.54, 1.807) is 29.2 Å². The number of hydrogen-bond donors (Lipinski definition) is 2. The molecule has 2 aliphatic heterocycles. The second-order valence-electron chi connectivity index (χ2n) is 7.50. The van der Waals surface area contributed by atoms with E-state index in [9.17, 15) is 14.4 Å². The zero-order chi connectivity index (χ0) is 21.3. The van der Waals surface area contributed by atoms with Gasteiger partial charge < -0.3 is 14.4 Å². The van der Waals surface area contributed by atoms with Gasteiger partial charge in [-0.2, -0.15) is 0 Å². The largest absolute Gasteiger partial charge is 0.486 e.